The normalized spacial score (nSPS) is 15.1. The number of methoxy groups -OCH3 is 3. The Morgan fingerprint density at radius 1 is 1.04 bits per heavy atom. The molecule has 0 saturated heterocycles. The summed E-state index contributed by atoms with van der Waals surface area (Å²) < 4.78 is 16.0. The number of hydrogen-bond donors (Lipinski definition) is 1. The summed E-state index contributed by atoms with van der Waals surface area (Å²) >= 11 is 0. The number of fused-ring (bicyclic) bond motifs is 1. The first-order valence-corrected chi connectivity index (χ1v) is 9.29. The zero-order valence-electron chi connectivity index (χ0n) is 16.2. The summed E-state index contributed by atoms with van der Waals surface area (Å²) in [4.78, 5) is 12.3. The first-order chi connectivity index (χ1) is 13.1. The third kappa shape index (κ3) is 4.54. The molecule has 0 aliphatic heterocycles. The highest BCUT2D eigenvalue weighted by Crippen LogP contribution is 2.40. The van der Waals surface area contributed by atoms with Crippen LogP contribution in [0.1, 0.15) is 35.4 Å². The van der Waals surface area contributed by atoms with E-state index in [1.807, 2.05) is 24.3 Å². The van der Waals surface area contributed by atoms with Gasteiger partial charge in [0.05, 0.1) is 21.3 Å². The van der Waals surface area contributed by atoms with Gasteiger partial charge in [0, 0.05) is 18.9 Å². The van der Waals surface area contributed by atoms with E-state index in [-0.39, 0.29) is 5.91 Å². The van der Waals surface area contributed by atoms with Crippen molar-refractivity contribution in [3.8, 4) is 17.2 Å². The number of rotatable bonds is 8. The highest BCUT2D eigenvalue weighted by Gasteiger charge is 2.25. The second-order valence-corrected chi connectivity index (χ2v) is 6.79. The highest BCUT2D eigenvalue weighted by molar-refractivity contribution is 5.76. The Hall–Kier alpha value is -2.69. The lowest BCUT2D eigenvalue weighted by Crippen LogP contribution is -2.27. The summed E-state index contributed by atoms with van der Waals surface area (Å²) in [7, 11) is 4.95. The third-order valence-electron chi connectivity index (χ3n) is 5.19. The second-order valence-electron chi connectivity index (χ2n) is 6.79. The Bertz CT molecular complexity index is 786. The van der Waals surface area contributed by atoms with Gasteiger partial charge in [-0.15, -0.1) is 0 Å². The van der Waals surface area contributed by atoms with E-state index in [4.69, 9.17) is 14.2 Å². The Balaban J connectivity index is 1.53. The van der Waals surface area contributed by atoms with Crippen LogP contribution in [0.15, 0.2) is 36.4 Å². The van der Waals surface area contributed by atoms with E-state index in [1.54, 1.807) is 21.3 Å². The van der Waals surface area contributed by atoms with Crippen molar-refractivity contribution in [2.24, 2.45) is 0 Å². The largest absolute Gasteiger partial charge is 0.497 e. The molecule has 5 nitrogen and oxygen atoms in total. The van der Waals surface area contributed by atoms with E-state index in [0.717, 1.165) is 42.1 Å². The zero-order chi connectivity index (χ0) is 19.2. The fourth-order valence-electron chi connectivity index (χ4n) is 3.61. The van der Waals surface area contributed by atoms with Crippen LogP contribution in [0.25, 0.3) is 0 Å². The molecule has 0 saturated carbocycles. The van der Waals surface area contributed by atoms with Gasteiger partial charge in [0.1, 0.15) is 5.75 Å². The molecular weight excluding hydrogens is 342 g/mol. The summed E-state index contributed by atoms with van der Waals surface area (Å²) in [5, 5.41) is 3.09. The van der Waals surface area contributed by atoms with E-state index >= 15 is 0 Å². The number of benzene rings is 2. The second kappa shape index (κ2) is 8.80. The highest BCUT2D eigenvalue weighted by atomic mass is 16.5. The molecule has 0 radical (unpaired) electrons. The smallest absolute Gasteiger partial charge is 0.220 e. The minimum Gasteiger partial charge on any atom is -0.497 e. The number of hydrogen-bond acceptors (Lipinski definition) is 4. The Kier molecular flexibility index (Phi) is 6.22. The predicted octanol–water partition coefficient (Wildman–Crippen LogP) is 3.49. The number of ether oxygens (including phenoxy) is 3. The fraction of sp³-hybridized carbons (Fsp3) is 0.409. The van der Waals surface area contributed by atoms with Crippen LogP contribution in [0.4, 0.5) is 0 Å². The molecule has 27 heavy (non-hydrogen) atoms. The van der Waals surface area contributed by atoms with Crippen molar-refractivity contribution in [2.75, 3.05) is 27.9 Å². The summed E-state index contributed by atoms with van der Waals surface area (Å²) in [6, 6.07) is 11.9. The van der Waals surface area contributed by atoms with Gasteiger partial charge < -0.3 is 19.5 Å². The van der Waals surface area contributed by atoms with Gasteiger partial charge in [-0.25, -0.2) is 0 Å². The lowest BCUT2D eigenvalue weighted by molar-refractivity contribution is -0.121. The van der Waals surface area contributed by atoms with Crippen molar-refractivity contribution in [3.63, 3.8) is 0 Å². The Morgan fingerprint density at radius 3 is 2.41 bits per heavy atom. The van der Waals surface area contributed by atoms with E-state index in [1.165, 1.54) is 11.1 Å². The fourth-order valence-corrected chi connectivity index (χ4v) is 3.61. The van der Waals surface area contributed by atoms with Crippen LogP contribution in [-0.2, 0) is 17.6 Å². The minimum absolute atomic E-state index is 0.0831. The number of carbonyl (C=O) groups is 1. The molecule has 1 N–H and O–H groups in total. The lowest BCUT2D eigenvalue weighted by atomic mass is 10.0. The van der Waals surface area contributed by atoms with Crippen LogP contribution in [0, 0.1) is 0 Å². The predicted molar refractivity (Wildman–Crippen MR) is 105 cm³/mol. The molecule has 0 spiro atoms. The van der Waals surface area contributed by atoms with Crippen LogP contribution in [0.3, 0.4) is 0 Å². The molecule has 0 fully saturated rings. The number of carbonyl (C=O) groups excluding carboxylic acids is 1. The Labute approximate surface area is 160 Å². The zero-order valence-corrected chi connectivity index (χ0v) is 16.2. The van der Waals surface area contributed by atoms with Crippen LogP contribution in [-0.4, -0.2) is 33.8 Å². The van der Waals surface area contributed by atoms with Gasteiger partial charge >= 0.3 is 0 Å². The van der Waals surface area contributed by atoms with Gasteiger partial charge in [0.2, 0.25) is 5.91 Å². The maximum Gasteiger partial charge on any atom is 0.220 e. The van der Waals surface area contributed by atoms with Crippen molar-refractivity contribution in [1.29, 1.82) is 0 Å². The summed E-state index contributed by atoms with van der Waals surface area (Å²) in [6.07, 6.45) is 3.24. The van der Waals surface area contributed by atoms with Crippen LogP contribution < -0.4 is 19.5 Å². The van der Waals surface area contributed by atoms with E-state index < -0.39 is 0 Å². The van der Waals surface area contributed by atoms with Gasteiger partial charge in [-0.2, -0.15) is 0 Å². The Morgan fingerprint density at radius 2 is 1.74 bits per heavy atom. The number of aryl methyl sites for hydroxylation is 2. The molecule has 5 heteroatoms. The molecule has 1 unspecified atom stereocenters. The molecule has 1 amide bonds. The van der Waals surface area contributed by atoms with Crippen molar-refractivity contribution < 1.29 is 19.0 Å². The topological polar surface area (TPSA) is 56.8 Å². The standard InChI is InChI=1S/C22H27NO4/c1-25-18-9-4-15(5-10-18)6-11-22(24)23-14-17-8-7-16-12-20(26-2)21(27-3)13-19(16)17/h4-5,9-10,12-13,17H,6-8,11,14H2,1-3H3,(H,23,24). The van der Waals surface area contributed by atoms with Crippen LogP contribution in [0.2, 0.25) is 0 Å². The molecule has 2 aromatic carbocycles. The molecule has 1 aliphatic carbocycles. The average molecular weight is 369 g/mol. The molecule has 0 heterocycles. The molecule has 1 aliphatic rings. The third-order valence-corrected chi connectivity index (χ3v) is 5.19. The summed E-state index contributed by atoms with van der Waals surface area (Å²) in [5.41, 5.74) is 3.67. The van der Waals surface area contributed by atoms with Crippen molar-refractivity contribution in [1.82, 2.24) is 5.32 Å². The monoisotopic (exact) mass is 369 g/mol. The quantitative estimate of drug-likeness (QED) is 0.774. The first-order valence-electron chi connectivity index (χ1n) is 9.29. The SMILES string of the molecule is COc1ccc(CCC(=O)NCC2CCc3cc(OC)c(OC)cc32)cc1. The maximum atomic E-state index is 12.3. The van der Waals surface area contributed by atoms with Crippen LogP contribution >= 0.6 is 0 Å². The van der Waals surface area contributed by atoms with E-state index in [0.29, 0.717) is 18.9 Å². The minimum atomic E-state index is 0.0831. The number of amides is 1. The van der Waals surface area contributed by atoms with Gasteiger partial charge in [-0.1, -0.05) is 12.1 Å². The molecular formula is C22H27NO4. The van der Waals surface area contributed by atoms with E-state index in [9.17, 15) is 4.79 Å². The summed E-state index contributed by atoms with van der Waals surface area (Å²) in [5.74, 6) is 2.74. The molecule has 0 aromatic heterocycles. The van der Waals surface area contributed by atoms with Gasteiger partial charge in [-0.3, -0.25) is 4.79 Å². The maximum absolute atomic E-state index is 12.3. The summed E-state index contributed by atoms with van der Waals surface area (Å²) in [6.45, 7) is 0.657. The van der Waals surface area contributed by atoms with E-state index in [2.05, 4.69) is 17.4 Å². The van der Waals surface area contributed by atoms with Gasteiger partial charge in [-0.05, 0) is 60.2 Å². The molecule has 1 atom stereocenters. The van der Waals surface area contributed by atoms with Gasteiger partial charge in [0.15, 0.2) is 11.5 Å². The molecule has 3 rings (SSSR count). The lowest BCUT2D eigenvalue weighted by Gasteiger charge is -2.15. The molecule has 2 aromatic rings. The average Bonchev–Trinajstić information content (AvgIpc) is 3.11. The molecule has 0 bridgehead atoms. The van der Waals surface area contributed by atoms with Gasteiger partial charge in [0.25, 0.3) is 0 Å². The molecule has 144 valence electrons. The van der Waals surface area contributed by atoms with Crippen molar-refractivity contribution in [3.05, 3.63) is 53.1 Å². The van der Waals surface area contributed by atoms with Crippen molar-refractivity contribution in [2.45, 2.75) is 31.6 Å². The first kappa shape index (κ1) is 19.1. The number of nitrogens with one attached hydrogen (secondary N) is 1. The van der Waals surface area contributed by atoms with Crippen LogP contribution in [0.5, 0.6) is 17.2 Å². The van der Waals surface area contributed by atoms with Crippen molar-refractivity contribution >= 4 is 5.91 Å².